The van der Waals surface area contributed by atoms with Gasteiger partial charge >= 0.3 is 0 Å². The summed E-state index contributed by atoms with van der Waals surface area (Å²) in [7, 11) is -4.09. The average molecular weight is 576 g/mol. The Labute approximate surface area is 225 Å². The lowest BCUT2D eigenvalue weighted by Crippen LogP contribution is -2.53. The summed E-state index contributed by atoms with van der Waals surface area (Å²) in [6.45, 7) is 0.819. The van der Waals surface area contributed by atoms with Crippen molar-refractivity contribution in [1.29, 1.82) is 0 Å². The molecule has 1 fully saturated rings. The standard InChI is InChI=1S/C25H29Cl2F2N3O4S/c1-3-23(25(34)30-16-7-4-5-8-16)31(14-18-19(26)9-6-10-20(18)27)24(33)15-32(37(2,35)36)17-11-12-21(28)22(29)13-17/h6,9-13,16,23H,3-5,7-8,14-15H2,1-2H3,(H,30,34)/t23-/m0/s1. The third kappa shape index (κ3) is 7.33. The number of nitrogens with zero attached hydrogens (tertiary/aromatic N) is 2. The van der Waals surface area contributed by atoms with Crippen molar-refractivity contribution in [2.45, 2.75) is 57.7 Å². The van der Waals surface area contributed by atoms with Crippen molar-refractivity contribution in [3.8, 4) is 0 Å². The van der Waals surface area contributed by atoms with E-state index < -0.39 is 40.2 Å². The summed E-state index contributed by atoms with van der Waals surface area (Å²) < 4.78 is 53.2. The summed E-state index contributed by atoms with van der Waals surface area (Å²) in [5.74, 6) is -3.53. The quantitative estimate of drug-likeness (QED) is 0.436. The molecule has 0 aromatic heterocycles. The molecule has 2 amide bonds. The van der Waals surface area contributed by atoms with Crippen LogP contribution in [-0.4, -0.2) is 50.0 Å². The summed E-state index contributed by atoms with van der Waals surface area (Å²) in [5, 5.41) is 3.54. The first-order chi connectivity index (χ1) is 17.4. The highest BCUT2D eigenvalue weighted by Gasteiger charge is 2.34. The van der Waals surface area contributed by atoms with Crippen LogP contribution in [-0.2, 0) is 26.2 Å². The van der Waals surface area contributed by atoms with Gasteiger partial charge in [0.2, 0.25) is 21.8 Å². The fraction of sp³-hybridized carbons (Fsp3) is 0.440. The minimum atomic E-state index is -4.09. The van der Waals surface area contributed by atoms with Gasteiger partial charge in [-0.3, -0.25) is 13.9 Å². The number of amides is 2. The molecule has 0 heterocycles. The van der Waals surface area contributed by atoms with Gasteiger partial charge in [0.05, 0.1) is 11.9 Å². The van der Waals surface area contributed by atoms with Crippen LogP contribution in [0.15, 0.2) is 36.4 Å². The highest BCUT2D eigenvalue weighted by molar-refractivity contribution is 7.92. The second-order valence-corrected chi connectivity index (χ2v) is 11.7. The van der Waals surface area contributed by atoms with Crippen LogP contribution >= 0.6 is 23.2 Å². The maximum atomic E-state index is 13.9. The Morgan fingerprint density at radius 3 is 2.24 bits per heavy atom. The molecule has 0 radical (unpaired) electrons. The number of anilines is 1. The van der Waals surface area contributed by atoms with E-state index in [2.05, 4.69) is 5.32 Å². The first kappa shape index (κ1) is 29.1. The lowest BCUT2D eigenvalue weighted by Gasteiger charge is -2.33. The molecule has 3 rings (SSSR count). The van der Waals surface area contributed by atoms with E-state index in [0.717, 1.165) is 44.1 Å². The van der Waals surface area contributed by atoms with E-state index in [1.54, 1.807) is 25.1 Å². The van der Waals surface area contributed by atoms with Gasteiger partial charge in [-0.05, 0) is 43.5 Å². The van der Waals surface area contributed by atoms with E-state index in [0.29, 0.717) is 15.9 Å². The number of carbonyl (C=O) groups is 2. The van der Waals surface area contributed by atoms with Crippen LogP contribution in [0.5, 0.6) is 0 Å². The maximum Gasteiger partial charge on any atom is 0.244 e. The predicted molar refractivity (Wildman–Crippen MR) is 140 cm³/mol. The Kier molecular flexibility index (Phi) is 9.77. The number of hydrogen-bond acceptors (Lipinski definition) is 4. The average Bonchev–Trinajstić information content (AvgIpc) is 3.33. The minimum Gasteiger partial charge on any atom is -0.352 e. The Bertz CT molecular complexity index is 1240. The topological polar surface area (TPSA) is 86.8 Å². The van der Waals surface area contributed by atoms with E-state index in [9.17, 15) is 26.8 Å². The summed E-state index contributed by atoms with van der Waals surface area (Å²) in [4.78, 5) is 28.2. The molecular formula is C25H29Cl2F2N3O4S. The molecule has 1 saturated carbocycles. The van der Waals surface area contributed by atoms with Crippen LogP contribution in [0.2, 0.25) is 10.0 Å². The van der Waals surface area contributed by atoms with E-state index in [1.165, 1.54) is 4.90 Å². The molecule has 12 heteroatoms. The molecule has 0 bridgehead atoms. The van der Waals surface area contributed by atoms with Gasteiger partial charge in [-0.1, -0.05) is 49.0 Å². The number of carbonyl (C=O) groups excluding carboxylic acids is 2. The molecule has 0 spiro atoms. The van der Waals surface area contributed by atoms with Crippen molar-refractivity contribution in [2.24, 2.45) is 0 Å². The monoisotopic (exact) mass is 575 g/mol. The van der Waals surface area contributed by atoms with E-state index in [1.807, 2.05) is 0 Å². The molecule has 0 aliphatic heterocycles. The van der Waals surface area contributed by atoms with Crippen molar-refractivity contribution >= 4 is 50.7 Å². The fourth-order valence-corrected chi connectivity index (χ4v) is 5.75. The highest BCUT2D eigenvalue weighted by atomic mass is 35.5. The molecule has 2 aromatic carbocycles. The summed E-state index contributed by atoms with van der Waals surface area (Å²) in [6.07, 6.45) is 4.75. The zero-order chi connectivity index (χ0) is 27.3. The Balaban J connectivity index is 1.98. The van der Waals surface area contributed by atoms with Crippen molar-refractivity contribution in [3.05, 3.63) is 63.6 Å². The van der Waals surface area contributed by atoms with Gasteiger partial charge in [0.15, 0.2) is 11.6 Å². The van der Waals surface area contributed by atoms with Crippen molar-refractivity contribution in [1.82, 2.24) is 10.2 Å². The first-order valence-electron chi connectivity index (χ1n) is 11.9. The van der Waals surface area contributed by atoms with Gasteiger partial charge in [-0.2, -0.15) is 0 Å². The predicted octanol–water partition coefficient (Wildman–Crippen LogP) is 4.90. The fourth-order valence-electron chi connectivity index (χ4n) is 4.39. The van der Waals surface area contributed by atoms with E-state index in [4.69, 9.17) is 23.2 Å². The van der Waals surface area contributed by atoms with Gasteiger partial charge < -0.3 is 10.2 Å². The molecule has 1 N–H and O–H groups in total. The molecule has 7 nitrogen and oxygen atoms in total. The first-order valence-corrected chi connectivity index (χ1v) is 14.5. The van der Waals surface area contributed by atoms with Crippen LogP contribution in [0.1, 0.15) is 44.6 Å². The third-order valence-electron chi connectivity index (χ3n) is 6.35. The molecule has 37 heavy (non-hydrogen) atoms. The van der Waals surface area contributed by atoms with Crippen LogP contribution in [0, 0.1) is 11.6 Å². The molecular weight excluding hydrogens is 547 g/mol. The zero-order valence-electron chi connectivity index (χ0n) is 20.5. The summed E-state index contributed by atoms with van der Waals surface area (Å²) in [5.41, 5.74) is 0.166. The molecule has 0 unspecified atom stereocenters. The molecule has 2 aromatic rings. The maximum absolute atomic E-state index is 13.9. The van der Waals surface area contributed by atoms with Crippen LogP contribution < -0.4 is 9.62 Å². The van der Waals surface area contributed by atoms with E-state index in [-0.39, 0.29) is 40.6 Å². The Morgan fingerprint density at radius 1 is 1.08 bits per heavy atom. The lowest BCUT2D eigenvalue weighted by atomic mass is 10.1. The van der Waals surface area contributed by atoms with Gasteiger partial charge in [-0.15, -0.1) is 0 Å². The van der Waals surface area contributed by atoms with E-state index >= 15 is 0 Å². The van der Waals surface area contributed by atoms with Crippen LogP contribution in [0.3, 0.4) is 0 Å². The summed E-state index contributed by atoms with van der Waals surface area (Å²) >= 11 is 12.7. The number of halogens is 4. The molecule has 1 atom stereocenters. The minimum absolute atomic E-state index is 0.00267. The van der Waals surface area contributed by atoms with Gasteiger partial charge in [0, 0.05) is 34.3 Å². The lowest BCUT2D eigenvalue weighted by molar-refractivity contribution is -0.140. The molecule has 1 aliphatic rings. The van der Waals surface area contributed by atoms with Crippen LogP contribution in [0.4, 0.5) is 14.5 Å². The van der Waals surface area contributed by atoms with Gasteiger partial charge in [0.25, 0.3) is 0 Å². The Morgan fingerprint density at radius 2 is 1.70 bits per heavy atom. The number of rotatable bonds is 10. The van der Waals surface area contributed by atoms with Gasteiger partial charge in [0.1, 0.15) is 12.6 Å². The number of nitrogens with one attached hydrogen (secondary N) is 1. The summed E-state index contributed by atoms with van der Waals surface area (Å²) in [6, 6.07) is 6.40. The smallest absolute Gasteiger partial charge is 0.244 e. The van der Waals surface area contributed by atoms with Crippen molar-refractivity contribution in [2.75, 3.05) is 17.1 Å². The molecule has 1 aliphatic carbocycles. The number of benzene rings is 2. The Hall–Kier alpha value is -2.43. The second kappa shape index (κ2) is 12.4. The SMILES string of the molecule is CC[C@@H](C(=O)NC1CCCC1)N(Cc1c(Cl)cccc1Cl)C(=O)CN(c1ccc(F)c(F)c1)S(C)(=O)=O. The van der Waals surface area contributed by atoms with Crippen molar-refractivity contribution < 1.29 is 26.8 Å². The van der Waals surface area contributed by atoms with Crippen LogP contribution in [0.25, 0.3) is 0 Å². The normalized spacial score (nSPS) is 14.9. The number of hydrogen-bond donors (Lipinski definition) is 1. The largest absolute Gasteiger partial charge is 0.352 e. The molecule has 0 saturated heterocycles. The third-order valence-corrected chi connectivity index (χ3v) is 8.20. The van der Waals surface area contributed by atoms with Crippen molar-refractivity contribution in [3.63, 3.8) is 0 Å². The molecule has 202 valence electrons. The number of sulfonamides is 1. The zero-order valence-corrected chi connectivity index (χ0v) is 22.8. The van der Waals surface area contributed by atoms with Gasteiger partial charge in [-0.25, -0.2) is 17.2 Å². The second-order valence-electron chi connectivity index (χ2n) is 9.00. The highest BCUT2D eigenvalue weighted by Crippen LogP contribution is 2.28.